The fourth-order valence-corrected chi connectivity index (χ4v) is 4.32. The van der Waals surface area contributed by atoms with Gasteiger partial charge in [0.25, 0.3) is 0 Å². The molecule has 1 aromatic heterocycles. The molecule has 0 aliphatic carbocycles. The molecule has 0 bridgehead atoms. The van der Waals surface area contributed by atoms with Crippen molar-refractivity contribution in [1.29, 1.82) is 0 Å². The number of aliphatic carboxylic acids is 1. The normalized spacial score (nSPS) is 15.4. The number of oxazole rings is 1. The van der Waals surface area contributed by atoms with Gasteiger partial charge in [0.2, 0.25) is 5.89 Å². The molecule has 176 valence electrons. The Morgan fingerprint density at radius 2 is 1.69 bits per heavy atom. The predicted octanol–water partition coefficient (Wildman–Crippen LogP) is 0.657. The van der Waals surface area contributed by atoms with Crippen LogP contribution >= 0.6 is 0 Å². The van der Waals surface area contributed by atoms with Gasteiger partial charge in [0.1, 0.15) is 23.8 Å². The van der Waals surface area contributed by atoms with E-state index in [0.29, 0.717) is 30.4 Å². The van der Waals surface area contributed by atoms with Gasteiger partial charge in [-0.25, -0.2) is 4.98 Å². The third-order valence-electron chi connectivity index (χ3n) is 5.89. The Morgan fingerprint density at radius 1 is 1.00 bits per heavy atom. The van der Waals surface area contributed by atoms with Crippen molar-refractivity contribution in [2.45, 2.75) is 19.0 Å². The van der Waals surface area contributed by atoms with Crippen molar-refractivity contribution < 1.29 is 53.4 Å². The average Bonchev–Trinajstić information content (AvgIpc) is 3.48. The molecule has 3 aromatic carbocycles. The topological polar surface area (TPSA) is 95.7 Å². The van der Waals surface area contributed by atoms with E-state index < -0.39 is 12.6 Å². The third-order valence-corrected chi connectivity index (χ3v) is 5.89. The second-order valence-electron chi connectivity index (χ2n) is 8.43. The molecule has 1 atom stereocenters. The summed E-state index contributed by atoms with van der Waals surface area (Å²) in [6.07, 6.45) is 0.309. The summed E-state index contributed by atoms with van der Waals surface area (Å²) >= 11 is 0. The van der Waals surface area contributed by atoms with Crippen LogP contribution in [0.2, 0.25) is 0 Å². The number of carbonyl (C=O) groups is 2. The Balaban J connectivity index is 0.00000304. The Labute approximate surface area is 231 Å². The summed E-state index contributed by atoms with van der Waals surface area (Å²) < 4.78 is 11.6. The van der Waals surface area contributed by atoms with Crippen molar-refractivity contribution in [1.82, 2.24) is 9.88 Å². The number of nitrogens with zero attached hydrogens (tertiary/aromatic N) is 2. The molecule has 0 unspecified atom stereocenters. The van der Waals surface area contributed by atoms with Crippen LogP contribution in [0.25, 0.3) is 22.6 Å². The van der Waals surface area contributed by atoms with Crippen LogP contribution in [0.1, 0.15) is 23.9 Å². The molecule has 8 heteroatoms. The van der Waals surface area contributed by atoms with Crippen molar-refractivity contribution in [2.75, 3.05) is 13.2 Å². The number of carbonyl (C=O) groups excluding carboxylic acids is 2. The van der Waals surface area contributed by atoms with E-state index in [4.69, 9.17) is 14.1 Å². The van der Waals surface area contributed by atoms with Crippen molar-refractivity contribution in [3.05, 3.63) is 96.4 Å². The molecule has 1 saturated heterocycles. The Morgan fingerprint density at radius 3 is 2.39 bits per heavy atom. The van der Waals surface area contributed by atoms with E-state index in [2.05, 4.69) is 0 Å². The summed E-state index contributed by atoms with van der Waals surface area (Å²) in [5.74, 6) is 0.428. The van der Waals surface area contributed by atoms with E-state index in [-0.39, 0.29) is 47.9 Å². The maximum absolute atomic E-state index is 12.5. The van der Waals surface area contributed by atoms with Crippen LogP contribution in [0.5, 0.6) is 5.75 Å². The van der Waals surface area contributed by atoms with E-state index in [9.17, 15) is 14.7 Å². The van der Waals surface area contributed by atoms with Gasteiger partial charge in [0.15, 0.2) is 5.76 Å². The number of aromatic nitrogens is 1. The number of benzene rings is 3. The first-order valence-electron chi connectivity index (χ1n) is 11.4. The Bertz CT molecular complexity index is 1280. The minimum Gasteiger partial charge on any atom is -0.546 e. The standard InChI is InChI=1S/C28H24N2O5.Na/c31-22-15-24(30(17-22)16-19-8-7-13-23(14-19)34-18-25(32)33)28-29-26(20-9-3-1-4-10-20)27(35-28)21-11-5-2-6-12-21;/h1-14,24H,15-18H2,(H,32,33);/q;+1/p-1/t24-;/m0./s1. The summed E-state index contributed by atoms with van der Waals surface area (Å²) in [7, 11) is 0. The van der Waals surface area contributed by atoms with E-state index in [1.807, 2.05) is 71.6 Å². The molecule has 0 radical (unpaired) electrons. The van der Waals surface area contributed by atoms with Crippen molar-refractivity contribution in [3.63, 3.8) is 0 Å². The summed E-state index contributed by atoms with van der Waals surface area (Å²) in [5, 5.41) is 10.7. The van der Waals surface area contributed by atoms with Crippen molar-refractivity contribution >= 4 is 11.8 Å². The molecule has 0 spiro atoms. The quantitative estimate of drug-likeness (QED) is 0.335. The third kappa shape index (κ3) is 5.94. The molecule has 0 amide bonds. The molecule has 1 aliphatic rings. The summed E-state index contributed by atoms with van der Waals surface area (Å²) in [6.45, 7) is 0.219. The number of Topliss-reactive ketones (excluding diaryl/α,β-unsaturated/α-hetero) is 1. The molecule has 36 heavy (non-hydrogen) atoms. The minimum absolute atomic E-state index is 0. The first-order valence-corrected chi connectivity index (χ1v) is 11.4. The van der Waals surface area contributed by atoms with Crippen molar-refractivity contribution in [2.24, 2.45) is 0 Å². The number of likely N-dealkylation sites (tertiary alicyclic amines) is 1. The van der Waals surface area contributed by atoms with Crippen molar-refractivity contribution in [3.8, 4) is 28.3 Å². The van der Waals surface area contributed by atoms with E-state index in [1.54, 1.807) is 18.2 Å². The van der Waals surface area contributed by atoms with Gasteiger partial charge in [-0.3, -0.25) is 9.69 Å². The second-order valence-corrected chi connectivity index (χ2v) is 8.43. The minimum atomic E-state index is -1.28. The monoisotopic (exact) mass is 490 g/mol. The van der Waals surface area contributed by atoms with Gasteiger partial charge < -0.3 is 19.1 Å². The SMILES string of the molecule is O=C([O-])COc1cccc(CN2CC(=O)C[C@H]2c2nc(-c3ccccc3)c(-c3ccccc3)o2)c1.[Na+]. The average molecular weight is 490 g/mol. The van der Waals surface area contributed by atoms with Crippen LogP contribution < -0.4 is 39.4 Å². The molecule has 0 saturated carbocycles. The van der Waals surface area contributed by atoms with Crippen LogP contribution in [0, 0.1) is 0 Å². The zero-order valence-corrected chi connectivity index (χ0v) is 21.9. The Kier molecular flexibility index (Phi) is 8.38. The van der Waals surface area contributed by atoms with Gasteiger partial charge >= 0.3 is 29.6 Å². The molecule has 5 rings (SSSR count). The van der Waals surface area contributed by atoms with Crippen LogP contribution in [-0.2, 0) is 16.1 Å². The van der Waals surface area contributed by atoms with Gasteiger partial charge in [-0.2, -0.15) is 0 Å². The zero-order chi connectivity index (χ0) is 24.2. The van der Waals surface area contributed by atoms with Gasteiger partial charge in [-0.1, -0.05) is 72.8 Å². The number of ether oxygens (including phenoxy) is 1. The first kappa shape index (κ1) is 25.9. The summed E-state index contributed by atoms with van der Waals surface area (Å²) in [4.78, 5) is 30.1. The number of ketones is 1. The Hall–Kier alpha value is -3.23. The van der Waals surface area contributed by atoms with Gasteiger partial charge in [0.05, 0.1) is 18.6 Å². The fourth-order valence-electron chi connectivity index (χ4n) is 4.32. The van der Waals surface area contributed by atoms with Crippen LogP contribution in [0.4, 0.5) is 0 Å². The van der Waals surface area contributed by atoms with Crippen LogP contribution in [0.15, 0.2) is 89.3 Å². The number of carboxylic acid groups (broad SMARTS) is 1. The van der Waals surface area contributed by atoms with E-state index in [1.165, 1.54) is 0 Å². The fraction of sp³-hybridized carbons (Fsp3) is 0.179. The van der Waals surface area contributed by atoms with E-state index >= 15 is 0 Å². The molecule has 4 aromatic rings. The predicted molar refractivity (Wildman–Crippen MR) is 127 cm³/mol. The smallest absolute Gasteiger partial charge is 0.546 e. The second kappa shape index (κ2) is 11.7. The molecule has 0 N–H and O–H groups in total. The maximum Gasteiger partial charge on any atom is 1.00 e. The first-order chi connectivity index (χ1) is 17.1. The van der Waals surface area contributed by atoms with Crippen LogP contribution in [-0.4, -0.2) is 34.8 Å². The molecule has 2 heterocycles. The molecule has 1 aliphatic heterocycles. The summed E-state index contributed by atoms with van der Waals surface area (Å²) in [6, 6.07) is 26.5. The number of carboxylic acids is 1. The van der Waals surface area contributed by atoms with Gasteiger partial charge in [-0.15, -0.1) is 0 Å². The largest absolute Gasteiger partial charge is 1.00 e. The number of hydrogen-bond acceptors (Lipinski definition) is 7. The van der Waals surface area contributed by atoms with Crippen LogP contribution in [0.3, 0.4) is 0 Å². The van der Waals surface area contributed by atoms with E-state index in [0.717, 1.165) is 22.4 Å². The summed E-state index contributed by atoms with van der Waals surface area (Å²) in [5.41, 5.74) is 3.48. The maximum atomic E-state index is 12.5. The number of hydrogen-bond donors (Lipinski definition) is 0. The van der Waals surface area contributed by atoms with Gasteiger partial charge in [-0.05, 0) is 17.7 Å². The molecular formula is C28H23N2NaO5. The zero-order valence-electron chi connectivity index (χ0n) is 19.9. The number of rotatable bonds is 8. The van der Waals surface area contributed by atoms with Gasteiger partial charge in [0, 0.05) is 24.1 Å². The molecule has 7 nitrogen and oxygen atoms in total. The molecule has 1 fully saturated rings. The molecular weight excluding hydrogens is 467 g/mol.